The third-order valence-corrected chi connectivity index (χ3v) is 6.73. The predicted octanol–water partition coefficient (Wildman–Crippen LogP) is 4.05. The SMILES string of the molecule is CCc1sc(=NS(=O)(=O)c2ccc(C)cc2)n(C)c1-c1ccc(F)cc1. The molecule has 26 heavy (non-hydrogen) atoms. The number of hydrogen-bond acceptors (Lipinski definition) is 3. The Morgan fingerprint density at radius 3 is 2.27 bits per heavy atom. The highest BCUT2D eigenvalue weighted by Crippen LogP contribution is 2.26. The molecule has 0 aliphatic carbocycles. The average Bonchev–Trinajstić information content (AvgIpc) is 2.91. The Morgan fingerprint density at radius 1 is 1.08 bits per heavy atom. The lowest BCUT2D eigenvalue weighted by atomic mass is 10.1. The van der Waals surface area contributed by atoms with Crippen molar-refractivity contribution in [3.8, 4) is 11.3 Å². The standard InChI is InChI=1S/C19H19FN2O2S2/c1-4-17-18(14-7-9-15(20)10-8-14)22(3)19(25-17)21-26(23,24)16-11-5-13(2)6-12-16/h5-12H,4H2,1-3H3. The summed E-state index contributed by atoms with van der Waals surface area (Å²) in [4.78, 5) is 1.55. The number of halogens is 1. The van der Waals surface area contributed by atoms with Crippen LogP contribution < -0.4 is 4.80 Å². The van der Waals surface area contributed by atoms with E-state index in [1.807, 2.05) is 13.8 Å². The fourth-order valence-corrected chi connectivity index (χ4v) is 4.96. The van der Waals surface area contributed by atoms with Gasteiger partial charge in [-0.25, -0.2) is 4.39 Å². The van der Waals surface area contributed by atoms with Crippen molar-refractivity contribution >= 4 is 21.4 Å². The molecule has 3 aromatic rings. The number of nitrogens with zero attached hydrogens (tertiary/aromatic N) is 2. The number of rotatable bonds is 4. The van der Waals surface area contributed by atoms with Crippen molar-refractivity contribution < 1.29 is 12.8 Å². The van der Waals surface area contributed by atoms with E-state index < -0.39 is 10.0 Å². The van der Waals surface area contributed by atoms with Gasteiger partial charge in [-0.2, -0.15) is 8.42 Å². The molecule has 0 spiro atoms. The number of benzene rings is 2. The van der Waals surface area contributed by atoms with Crippen LogP contribution in [-0.4, -0.2) is 13.0 Å². The molecular formula is C19H19FN2O2S2. The molecule has 4 nitrogen and oxygen atoms in total. The Bertz CT molecular complexity index is 1090. The van der Waals surface area contributed by atoms with Gasteiger partial charge in [0.2, 0.25) is 4.80 Å². The second kappa shape index (κ2) is 7.17. The van der Waals surface area contributed by atoms with Gasteiger partial charge < -0.3 is 4.57 Å². The van der Waals surface area contributed by atoms with Gasteiger partial charge in [0, 0.05) is 11.9 Å². The molecule has 0 saturated carbocycles. The molecule has 0 aliphatic heterocycles. The number of sulfonamides is 1. The fraction of sp³-hybridized carbons (Fsp3) is 0.211. The predicted molar refractivity (Wildman–Crippen MR) is 102 cm³/mol. The van der Waals surface area contributed by atoms with Gasteiger partial charge in [-0.3, -0.25) is 0 Å². The summed E-state index contributed by atoms with van der Waals surface area (Å²) in [5.41, 5.74) is 2.67. The van der Waals surface area contributed by atoms with E-state index in [1.54, 1.807) is 48.0 Å². The smallest absolute Gasteiger partial charge is 0.285 e. The Morgan fingerprint density at radius 2 is 1.69 bits per heavy atom. The highest BCUT2D eigenvalue weighted by atomic mass is 32.2. The van der Waals surface area contributed by atoms with Crippen LogP contribution in [-0.2, 0) is 23.5 Å². The molecule has 2 aromatic carbocycles. The van der Waals surface area contributed by atoms with Crippen molar-refractivity contribution in [1.29, 1.82) is 0 Å². The van der Waals surface area contributed by atoms with Crippen LogP contribution in [0.25, 0.3) is 11.3 Å². The lowest BCUT2D eigenvalue weighted by Gasteiger charge is -2.06. The van der Waals surface area contributed by atoms with Gasteiger partial charge in [-0.15, -0.1) is 15.7 Å². The van der Waals surface area contributed by atoms with Crippen molar-refractivity contribution in [1.82, 2.24) is 4.57 Å². The maximum absolute atomic E-state index is 13.2. The molecule has 0 saturated heterocycles. The highest BCUT2D eigenvalue weighted by molar-refractivity contribution is 7.90. The molecule has 1 aromatic heterocycles. The summed E-state index contributed by atoms with van der Waals surface area (Å²) in [6.07, 6.45) is 0.727. The summed E-state index contributed by atoms with van der Waals surface area (Å²) < 4.78 is 44.3. The topological polar surface area (TPSA) is 51.4 Å². The molecule has 0 unspecified atom stereocenters. The number of aryl methyl sites for hydroxylation is 2. The van der Waals surface area contributed by atoms with Gasteiger partial charge in [-0.05, 0) is 55.3 Å². The molecule has 0 bridgehead atoms. The Labute approximate surface area is 156 Å². The van der Waals surface area contributed by atoms with Gasteiger partial charge in [0.15, 0.2) is 0 Å². The van der Waals surface area contributed by atoms with E-state index in [1.165, 1.54) is 23.5 Å². The fourth-order valence-electron chi connectivity index (χ4n) is 2.66. The zero-order valence-electron chi connectivity index (χ0n) is 14.7. The third kappa shape index (κ3) is 3.64. The van der Waals surface area contributed by atoms with Gasteiger partial charge >= 0.3 is 0 Å². The summed E-state index contributed by atoms with van der Waals surface area (Å²) in [6, 6.07) is 12.8. The van der Waals surface area contributed by atoms with Crippen LogP contribution in [0.3, 0.4) is 0 Å². The largest absolute Gasteiger partial charge is 0.319 e. The average molecular weight is 391 g/mol. The summed E-state index contributed by atoms with van der Waals surface area (Å²) in [6.45, 7) is 3.90. The van der Waals surface area contributed by atoms with Gasteiger partial charge in [0.25, 0.3) is 10.0 Å². The molecule has 136 valence electrons. The first-order chi connectivity index (χ1) is 12.3. The molecule has 0 radical (unpaired) electrons. The summed E-state index contributed by atoms with van der Waals surface area (Å²) in [5.74, 6) is -0.309. The maximum atomic E-state index is 13.2. The summed E-state index contributed by atoms with van der Waals surface area (Å²) >= 11 is 1.33. The zero-order chi connectivity index (χ0) is 18.9. The molecule has 3 rings (SSSR count). The van der Waals surface area contributed by atoms with Crippen LogP contribution in [0.15, 0.2) is 57.8 Å². The second-order valence-corrected chi connectivity index (χ2v) is 8.62. The van der Waals surface area contributed by atoms with Gasteiger partial charge in [-0.1, -0.05) is 24.6 Å². The monoisotopic (exact) mass is 390 g/mol. The van der Waals surface area contributed by atoms with Crippen LogP contribution in [0, 0.1) is 12.7 Å². The molecule has 0 fully saturated rings. The molecule has 0 amide bonds. The molecule has 0 N–H and O–H groups in total. The van der Waals surface area contributed by atoms with Crippen molar-refractivity contribution in [3.05, 3.63) is 69.6 Å². The first-order valence-electron chi connectivity index (χ1n) is 8.14. The number of aromatic nitrogens is 1. The highest BCUT2D eigenvalue weighted by Gasteiger charge is 2.16. The van der Waals surface area contributed by atoms with E-state index in [-0.39, 0.29) is 10.7 Å². The molecule has 7 heteroatoms. The molecule has 0 atom stereocenters. The van der Waals surface area contributed by atoms with E-state index in [0.29, 0.717) is 4.80 Å². The number of thiazole rings is 1. The Hall–Kier alpha value is -2.25. The third-order valence-electron chi connectivity index (χ3n) is 4.06. The van der Waals surface area contributed by atoms with E-state index in [2.05, 4.69) is 4.40 Å². The minimum Gasteiger partial charge on any atom is -0.319 e. The first kappa shape index (κ1) is 18.5. The van der Waals surface area contributed by atoms with Crippen molar-refractivity contribution in [2.75, 3.05) is 0 Å². The summed E-state index contributed by atoms with van der Waals surface area (Å²) in [5, 5.41) is 0. The van der Waals surface area contributed by atoms with E-state index in [4.69, 9.17) is 0 Å². The van der Waals surface area contributed by atoms with Crippen molar-refractivity contribution in [2.45, 2.75) is 25.2 Å². The minimum absolute atomic E-state index is 0.165. The van der Waals surface area contributed by atoms with E-state index >= 15 is 0 Å². The van der Waals surface area contributed by atoms with E-state index in [0.717, 1.165) is 28.1 Å². The van der Waals surface area contributed by atoms with Crippen LogP contribution in [0.4, 0.5) is 4.39 Å². The summed E-state index contributed by atoms with van der Waals surface area (Å²) in [7, 11) is -2.02. The van der Waals surface area contributed by atoms with Crippen LogP contribution >= 0.6 is 11.3 Å². The first-order valence-corrected chi connectivity index (χ1v) is 10.4. The second-order valence-electron chi connectivity index (χ2n) is 5.96. The normalized spacial score (nSPS) is 12.5. The van der Waals surface area contributed by atoms with Gasteiger partial charge in [0.1, 0.15) is 5.82 Å². The van der Waals surface area contributed by atoms with E-state index in [9.17, 15) is 12.8 Å². The lowest BCUT2D eigenvalue weighted by Crippen LogP contribution is -2.14. The van der Waals surface area contributed by atoms with Gasteiger partial charge in [0.05, 0.1) is 10.6 Å². The minimum atomic E-state index is -3.80. The Balaban J connectivity index is 2.15. The molecular weight excluding hydrogens is 371 g/mol. The Kier molecular flexibility index (Phi) is 5.11. The van der Waals surface area contributed by atoms with Crippen LogP contribution in [0.2, 0.25) is 0 Å². The quantitative estimate of drug-likeness (QED) is 0.675. The molecule has 1 heterocycles. The van der Waals surface area contributed by atoms with Crippen LogP contribution in [0.1, 0.15) is 17.4 Å². The van der Waals surface area contributed by atoms with Crippen molar-refractivity contribution in [2.24, 2.45) is 11.4 Å². The zero-order valence-corrected chi connectivity index (χ0v) is 16.4. The van der Waals surface area contributed by atoms with Crippen molar-refractivity contribution in [3.63, 3.8) is 0 Å². The molecule has 0 aliphatic rings. The lowest BCUT2D eigenvalue weighted by molar-refractivity contribution is 0.596. The maximum Gasteiger partial charge on any atom is 0.285 e. The number of hydrogen-bond donors (Lipinski definition) is 0. The van der Waals surface area contributed by atoms with Crippen LogP contribution in [0.5, 0.6) is 0 Å².